The lowest BCUT2D eigenvalue weighted by Crippen LogP contribution is -2.15. The minimum atomic E-state index is 0.871. The highest BCUT2D eigenvalue weighted by Gasteiger charge is 2.20. The molecule has 1 N–H and O–H groups in total. The maximum atomic E-state index is 5.04. The van der Waals surface area contributed by atoms with Gasteiger partial charge in [0, 0.05) is 13.7 Å². The Kier molecular flexibility index (Phi) is 28.3. The van der Waals surface area contributed by atoms with E-state index in [1.165, 1.54) is 32.4 Å². The molecule has 0 aromatic carbocycles. The first kappa shape index (κ1) is 23.0. The Morgan fingerprint density at radius 1 is 1.11 bits per heavy atom. The Labute approximate surface area is 117 Å². The first-order chi connectivity index (χ1) is 8.84. The topological polar surface area (TPSA) is 21.3 Å². The average Bonchev–Trinajstić information content (AvgIpc) is 3.00. The van der Waals surface area contributed by atoms with Crippen molar-refractivity contribution in [1.29, 1.82) is 0 Å². The van der Waals surface area contributed by atoms with E-state index in [0.717, 1.165) is 18.4 Å². The minimum Gasteiger partial charge on any atom is -0.385 e. The first-order valence-electron chi connectivity index (χ1n) is 8.04. The van der Waals surface area contributed by atoms with Crippen molar-refractivity contribution in [2.24, 2.45) is 11.8 Å². The summed E-state index contributed by atoms with van der Waals surface area (Å²) in [7, 11) is 1.78. The van der Waals surface area contributed by atoms with Gasteiger partial charge in [0.15, 0.2) is 0 Å². The van der Waals surface area contributed by atoms with E-state index >= 15 is 0 Å². The summed E-state index contributed by atoms with van der Waals surface area (Å²) in [5.74, 6) is 1.79. The summed E-state index contributed by atoms with van der Waals surface area (Å²) in [4.78, 5) is 0. The lowest BCUT2D eigenvalue weighted by atomic mass is 9.89. The summed E-state index contributed by atoms with van der Waals surface area (Å²) in [6.45, 7) is 17.7. The predicted octanol–water partition coefficient (Wildman–Crippen LogP) is 4.74. The van der Waals surface area contributed by atoms with Crippen LogP contribution in [0.4, 0.5) is 0 Å². The molecule has 0 spiro atoms. The van der Waals surface area contributed by atoms with Gasteiger partial charge in [-0.3, -0.25) is 0 Å². The molecule has 0 aromatic heterocycles. The third-order valence-corrected chi connectivity index (χ3v) is 2.91. The number of hydrogen-bond donors (Lipinski definition) is 1. The zero-order valence-electron chi connectivity index (χ0n) is 14.3. The van der Waals surface area contributed by atoms with Crippen LogP contribution in [0.1, 0.15) is 67.7 Å². The second kappa shape index (κ2) is 22.1. The normalized spacial score (nSPS) is 18.3. The van der Waals surface area contributed by atoms with Crippen molar-refractivity contribution in [3.63, 3.8) is 0 Å². The summed E-state index contributed by atoms with van der Waals surface area (Å²) in [6, 6.07) is 0. The van der Waals surface area contributed by atoms with Crippen LogP contribution in [0.3, 0.4) is 0 Å². The SMILES string of the molecule is CC.CC.CC.COCCCC(C)C1CCNC1. The summed E-state index contributed by atoms with van der Waals surface area (Å²) < 4.78 is 5.04. The molecule has 1 saturated heterocycles. The van der Waals surface area contributed by atoms with Gasteiger partial charge in [-0.25, -0.2) is 0 Å². The molecule has 1 aliphatic rings. The van der Waals surface area contributed by atoms with Crippen molar-refractivity contribution >= 4 is 0 Å². The van der Waals surface area contributed by atoms with E-state index in [1.807, 2.05) is 41.5 Å². The van der Waals surface area contributed by atoms with Crippen molar-refractivity contribution in [3.8, 4) is 0 Å². The van der Waals surface area contributed by atoms with Gasteiger partial charge in [-0.05, 0) is 44.2 Å². The average molecular weight is 261 g/mol. The van der Waals surface area contributed by atoms with Crippen molar-refractivity contribution in [2.75, 3.05) is 26.8 Å². The second-order valence-corrected chi connectivity index (χ2v) is 3.87. The van der Waals surface area contributed by atoms with Crippen LogP contribution in [0.5, 0.6) is 0 Å². The quantitative estimate of drug-likeness (QED) is 0.722. The van der Waals surface area contributed by atoms with E-state index in [4.69, 9.17) is 4.74 Å². The number of ether oxygens (including phenoxy) is 1. The van der Waals surface area contributed by atoms with E-state index in [-0.39, 0.29) is 0 Å². The van der Waals surface area contributed by atoms with E-state index in [9.17, 15) is 0 Å². The lowest BCUT2D eigenvalue weighted by Gasteiger charge is -2.17. The van der Waals surface area contributed by atoms with Gasteiger partial charge in [0.25, 0.3) is 0 Å². The molecule has 2 unspecified atom stereocenters. The highest BCUT2D eigenvalue weighted by Crippen LogP contribution is 2.22. The van der Waals surface area contributed by atoms with Gasteiger partial charge in [-0.1, -0.05) is 48.5 Å². The highest BCUT2D eigenvalue weighted by atomic mass is 16.5. The molecule has 114 valence electrons. The number of rotatable bonds is 5. The molecule has 2 nitrogen and oxygen atoms in total. The molecular weight excluding hydrogens is 222 g/mol. The molecular formula is C16H39NO. The van der Waals surface area contributed by atoms with Crippen LogP contribution in [0.25, 0.3) is 0 Å². The van der Waals surface area contributed by atoms with Crippen LogP contribution in [0.2, 0.25) is 0 Å². The zero-order chi connectivity index (χ0) is 14.8. The van der Waals surface area contributed by atoms with Gasteiger partial charge in [0.1, 0.15) is 0 Å². The summed E-state index contributed by atoms with van der Waals surface area (Å²) in [5.41, 5.74) is 0. The fraction of sp³-hybridized carbons (Fsp3) is 1.00. The predicted molar refractivity (Wildman–Crippen MR) is 85.3 cm³/mol. The van der Waals surface area contributed by atoms with Gasteiger partial charge < -0.3 is 10.1 Å². The third kappa shape index (κ3) is 14.0. The highest BCUT2D eigenvalue weighted by molar-refractivity contribution is 4.75. The molecule has 0 radical (unpaired) electrons. The lowest BCUT2D eigenvalue weighted by molar-refractivity contribution is 0.182. The monoisotopic (exact) mass is 261 g/mol. The molecule has 0 bridgehead atoms. The summed E-state index contributed by atoms with van der Waals surface area (Å²) >= 11 is 0. The van der Waals surface area contributed by atoms with Gasteiger partial charge in [-0.2, -0.15) is 0 Å². The minimum absolute atomic E-state index is 0.871. The van der Waals surface area contributed by atoms with Crippen LogP contribution in [0.15, 0.2) is 0 Å². The molecule has 2 heteroatoms. The van der Waals surface area contributed by atoms with E-state index in [0.29, 0.717) is 0 Å². The fourth-order valence-corrected chi connectivity index (χ4v) is 1.95. The van der Waals surface area contributed by atoms with E-state index < -0.39 is 0 Å². The third-order valence-electron chi connectivity index (χ3n) is 2.91. The summed E-state index contributed by atoms with van der Waals surface area (Å²) in [6.07, 6.45) is 3.91. The maximum absolute atomic E-state index is 5.04. The Bertz CT molecular complexity index is 112. The molecule has 2 atom stereocenters. The molecule has 1 fully saturated rings. The second-order valence-electron chi connectivity index (χ2n) is 3.87. The Morgan fingerprint density at radius 3 is 2.06 bits per heavy atom. The largest absolute Gasteiger partial charge is 0.385 e. The van der Waals surface area contributed by atoms with E-state index in [1.54, 1.807) is 7.11 Å². The molecule has 1 heterocycles. The van der Waals surface area contributed by atoms with Crippen molar-refractivity contribution in [2.45, 2.75) is 67.7 Å². The van der Waals surface area contributed by atoms with Gasteiger partial charge >= 0.3 is 0 Å². The summed E-state index contributed by atoms with van der Waals surface area (Å²) in [5, 5.41) is 3.41. The van der Waals surface area contributed by atoms with Crippen molar-refractivity contribution in [3.05, 3.63) is 0 Å². The van der Waals surface area contributed by atoms with Gasteiger partial charge in [-0.15, -0.1) is 0 Å². The van der Waals surface area contributed by atoms with Crippen LogP contribution < -0.4 is 5.32 Å². The van der Waals surface area contributed by atoms with Crippen LogP contribution in [0, 0.1) is 11.8 Å². The Hall–Kier alpha value is -0.0800. The first-order valence-corrected chi connectivity index (χ1v) is 8.04. The molecule has 1 rings (SSSR count). The molecule has 0 aromatic rings. The molecule has 0 amide bonds. The van der Waals surface area contributed by atoms with E-state index in [2.05, 4.69) is 12.2 Å². The van der Waals surface area contributed by atoms with Crippen molar-refractivity contribution < 1.29 is 4.74 Å². The molecule has 0 saturated carbocycles. The van der Waals surface area contributed by atoms with Gasteiger partial charge in [0.05, 0.1) is 0 Å². The molecule has 0 aliphatic carbocycles. The van der Waals surface area contributed by atoms with Crippen molar-refractivity contribution in [1.82, 2.24) is 5.32 Å². The van der Waals surface area contributed by atoms with Gasteiger partial charge in [0.2, 0.25) is 0 Å². The standard InChI is InChI=1S/C10H21NO.3C2H6/c1-9(4-3-7-12-2)10-5-6-11-8-10;3*1-2/h9-11H,3-8H2,1-2H3;3*1-2H3. The number of hydrogen-bond acceptors (Lipinski definition) is 2. The smallest absolute Gasteiger partial charge is 0.0462 e. The fourth-order valence-electron chi connectivity index (χ4n) is 1.95. The van der Waals surface area contributed by atoms with Crippen LogP contribution in [-0.2, 0) is 4.74 Å². The maximum Gasteiger partial charge on any atom is 0.0462 e. The Balaban J connectivity index is -0.000000328. The number of nitrogens with one attached hydrogen (secondary N) is 1. The number of methoxy groups -OCH3 is 1. The van der Waals surface area contributed by atoms with Crippen LogP contribution in [-0.4, -0.2) is 26.8 Å². The molecule has 18 heavy (non-hydrogen) atoms. The zero-order valence-corrected chi connectivity index (χ0v) is 14.3. The molecule has 1 aliphatic heterocycles. The Morgan fingerprint density at radius 2 is 1.67 bits per heavy atom. The van der Waals surface area contributed by atoms with Crippen LogP contribution >= 0.6 is 0 Å².